The van der Waals surface area contributed by atoms with Crippen molar-refractivity contribution in [2.75, 3.05) is 6.54 Å². The summed E-state index contributed by atoms with van der Waals surface area (Å²) in [6, 6.07) is 3.91. The smallest absolute Gasteiger partial charge is 0.272 e. The Morgan fingerprint density at radius 2 is 2.35 bits per heavy atom. The highest BCUT2D eigenvalue weighted by Gasteiger charge is 2.25. The van der Waals surface area contributed by atoms with Crippen LogP contribution in [0.5, 0.6) is 0 Å². The highest BCUT2D eigenvalue weighted by atomic mass is 16.1. The Morgan fingerprint density at radius 3 is 3.17 bits per heavy atom. The largest absolute Gasteiger partial charge is 0.334 e. The van der Waals surface area contributed by atoms with Crippen molar-refractivity contribution in [3.63, 3.8) is 0 Å². The summed E-state index contributed by atoms with van der Waals surface area (Å²) in [5, 5.41) is 2.87. The SMILES string of the molecule is Cc1nccn1CC1CCCN1Cc1cc(=O)n2[nH]ccc2n1. The second-order valence-corrected chi connectivity index (χ2v) is 6.14. The summed E-state index contributed by atoms with van der Waals surface area (Å²) >= 11 is 0. The predicted octanol–water partition coefficient (Wildman–Crippen LogP) is 1.19. The lowest BCUT2D eigenvalue weighted by atomic mass is 10.2. The number of H-pyrrole nitrogens is 1. The molecule has 0 bridgehead atoms. The molecule has 4 rings (SSSR count). The van der Waals surface area contributed by atoms with Gasteiger partial charge in [0, 0.05) is 49.9 Å². The van der Waals surface area contributed by atoms with Crippen molar-refractivity contribution in [1.29, 1.82) is 0 Å². The first-order valence-corrected chi connectivity index (χ1v) is 7.98. The van der Waals surface area contributed by atoms with Crippen LogP contribution in [0.3, 0.4) is 0 Å². The number of hydrogen-bond acceptors (Lipinski definition) is 4. The Kier molecular flexibility index (Phi) is 3.49. The van der Waals surface area contributed by atoms with Crippen LogP contribution in [-0.4, -0.2) is 41.6 Å². The summed E-state index contributed by atoms with van der Waals surface area (Å²) in [5.41, 5.74) is 1.45. The Morgan fingerprint density at radius 1 is 1.43 bits per heavy atom. The Bertz CT molecular complexity index is 876. The molecule has 0 aromatic carbocycles. The van der Waals surface area contributed by atoms with Crippen molar-refractivity contribution < 1.29 is 0 Å². The van der Waals surface area contributed by atoms with Gasteiger partial charge in [-0.15, -0.1) is 0 Å². The van der Waals surface area contributed by atoms with Crippen molar-refractivity contribution >= 4 is 5.65 Å². The minimum atomic E-state index is -0.0591. The quantitative estimate of drug-likeness (QED) is 0.785. The van der Waals surface area contributed by atoms with E-state index in [2.05, 4.69) is 24.5 Å². The van der Waals surface area contributed by atoms with Gasteiger partial charge in [0.15, 0.2) is 5.65 Å². The first kappa shape index (κ1) is 14.2. The van der Waals surface area contributed by atoms with E-state index in [1.165, 1.54) is 17.4 Å². The van der Waals surface area contributed by atoms with Crippen LogP contribution in [0.25, 0.3) is 5.65 Å². The van der Waals surface area contributed by atoms with Crippen LogP contribution in [0.15, 0.2) is 35.5 Å². The molecule has 1 saturated heterocycles. The fourth-order valence-corrected chi connectivity index (χ4v) is 3.40. The van der Waals surface area contributed by atoms with Gasteiger partial charge in [0.25, 0.3) is 5.56 Å². The molecule has 0 radical (unpaired) electrons. The standard InChI is InChI=1S/C16H20N6O/c1-12-17-6-8-20(12)11-14-3-2-7-21(14)10-13-9-16(23)22-15(19-13)4-5-18-22/h4-6,8-9,14,18H,2-3,7,10-11H2,1H3. The van der Waals surface area contributed by atoms with E-state index in [0.29, 0.717) is 11.7 Å². The third-order valence-corrected chi connectivity index (χ3v) is 4.63. The maximum absolute atomic E-state index is 12.1. The summed E-state index contributed by atoms with van der Waals surface area (Å²) in [6.07, 6.45) is 7.96. The zero-order valence-corrected chi connectivity index (χ0v) is 13.1. The third-order valence-electron chi connectivity index (χ3n) is 4.63. The predicted molar refractivity (Wildman–Crippen MR) is 86.2 cm³/mol. The van der Waals surface area contributed by atoms with Crippen LogP contribution in [-0.2, 0) is 13.1 Å². The van der Waals surface area contributed by atoms with E-state index in [9.17, 15) is 4.79 Å². The Labute approximate surface area is 133 Å². The highest BCUT2D eigenvalue weighted by Crippen LogP contribution is 2.21. The fraction of sp³-hybridized carbons (Fsp3) is 0.438. The van der Waals surface area contributed by atoms with Gasteiger partial charge in [0.05, 0.1) is 5.69 Å². The number of aromatic nitrogens is 5. The van der Waals surface area contributed by atoms with Crippen molar-refractivity contribution in [2.45, 2.75) is 38.9 Å². The molecular formula is C16H20N6O. The number of nitrogens with zero attached hydrogens (tertiary/aromatic N) is 5. The van der Waals surface area contributed by atoms with Crippen molar-refractivity contribution in [2.24, 2.45) is 0 Å². The van der Waals surface area contributed by atoms with Gasteiger partial charge in [0.1, 0.15) is 5.82 Å². The molecule has 1 aliphatic rings. The molecule has 1 unspecified atom stereocenters. The molecule has 0 amide bonds. The average molecular weight is 312 g/mol. The lowest BCUT2D eigenvalue weighted by Gasteiger charge is -2.24. The first-order valence-electron chi connectivity index (χ1n) is 7.98. The average Bonchev–Trinajstić information content (AvgIpc) is 3.23. The summed E-state index contributed by atoms with van der Waals surface area (Å²) in [4.78, 5) is 23.4. The Balaban J connectivity index is 1.54. The van der Waals surface area contributed by atoms with Crippen LogP contribution < -0.4 is 5.56 Å². The molecule has 23 heavy (non-hydrogen) atoms. The van der Waals surface area contributed by atoms with E-state index in [1.54, 1.807) is 12.3 Å². The van der Waals surface area contributed by atoms with E-state index < -0.39 is 0 Å². The highest BCUT2D eigenvalue weighted by molar-refractivity contribution is 5.36. The number of fused-ring (bicyclic) bond motifs is 1. The normalized spacial score (nSPS) is 18.9. The molecule has 1 aliphatic heterocycles. The van der Waals surface area contributed by atoms with Crippen LogP contribution >= 0.6 is 0 Å². The van der Waals surface area contributed by atoms with E-state index in [0.717, 1.165) is 31.2 Å². The molecule has 0 spiro atoms. The molecule has 4 heterocycles. The van der Waals surface area contributed by atoms with Crippen LogP contribution in [0.1, 0.15) is 24.4 Å². The van der Waals surface area contributed by atoms with Gasteiger partial charge < -0.3 is 4.57 Å². The minimum Gasteiger partial charge on any atom is -0.334 e. The van der Waals surface area contributed by atoms with Crippen molar-refractivity contribution in [3.05, 3.63) is 52.6 Å². The monoisotopic (exact) mass is 312 g/mol. The summed E-state index contributed by atoms with van der Waals surface area (Å²) < 4.78 is 3.65. The van der Waals surface area contributed by atoms with E-state index in [4.69, 9.17) is 0 Å². The summed E-state index contributed by atoms with van der Waals surface area (Å²) in [7, 11) is 0. The molecule has 7 heteroatoms. The zero-order chi connectivity index (χ0) is 15.8. The van der Waals surface area contributed by atoms with Gasteiger partial charge in [-0.1, -0.05) is 0 Å². The van der Waals surface area contributed by atoms with Gasteiger partial charge in [0.2, 0.25) is 0 Å². The van der Waals surface area contributed by atoms with Crippen molar-refractivity contribution in [3.8, 4) is 0 Å². The van der Waals surface area contributed by atoms with Gasteiger partial charge in [-0.2, -0.15) is 0 Å². The maximum atomic E-state index is 12.1. The van der Waals surface area contributed by atoms with Gasteiger partial charge >= 0.3 is 0 Å². The second kappa shape index (κ2) is 5.66. The molecule has 3 aromatic heterocycles. The molecule has 0 aliphatic carbocycles. The van der Waals surface area contributed by atoms with E-state index in [1.807, 2.05) is 25.4 Å². The molecule has 120 valence electrons. The second-order valence-electron chi connectivity index (χ2n) is 6.14. The van der Waals surface area contributed by atoms with Crippen LogP contribution in [0.4, 0.5) is 0 Å². The van der Waals surface area contributed by atoms with Gasteiger partial charge in [-0.05, 0) is 26.3 Å². The number of hydrogen-bond donors (Lipinski definition) is 1. The molecule has 1 N–H and O–H groups in total. The van der Waals surface area contributed by atoms with Gasteiger partial charge in [-0.25, -0.2) is 14.5 Å². The number of nitrogens with one attached hydrogen (secondary N) is 1. The number of aromatic amines is 1. The van der Waals surface area contributed by atoms with Crippen LogP contribution in [0.2, 0.25) is 0 Å². The fourth-order valence-electron chi connectivity index (χ4n) is 3.40. The maximum Gasteiger partial charge on any atom is 0.272 e. The number of imidazole rings is 1. The summed E-state index contributed by atoms with van der Waals surface area (Å²) in [6.45, 7) is 4.74. The number of aryl methyl sites for hydroxylation is 1. The zero-order valence-electron chi connectivity index (χ0n) is 13.1. The van der Waals surface area contributed by atoms with Crippen molar-refractivity contribution in [1.82, 2.24) is 29.0 Å². The topological polar surface area (TPSA) is 71.2 Å². The number of rotatable bonds is 4. The minimum absolute atomic E-state index is 0.0591. The lowest BCUT2D eigenvalue weighted by Crippen LogP contribution is -2.33. The lowest BCUT2D eigenvalue weighted by molar-refractivity contribution is 0.221. The van der Waals surface area contributed by atoms with E-state index >= 15 is 0 Å². The van der Waals surface area contributed by atoms with E-state index in [-0.39, 0.29) is 5.56 Å². The Hall–Kier alpha value is -2.41. The molecule has 1 fully saturated rings. The van der Waals surface area contributed by atoms with Gasteiger partial charge in [-0.3, -0.25) is 14.8 Å². The van der Waals surface area contributed by atoms with Crippen LogP contribution in [0, 0.1) is 6.92 Å². The molecule has 1 atom stereocenters. The molecular weight excluding hydrogens is 292 g/mol. The summed E-state index contributed by atoms with van der Waals surface area (Å²) in [5.74, 6) is 1.04. The third kappa shape index (κ3) is 2.68. The molecule has 0 saturated carbocycles. The molecule has 7 nitrogen and oxygen atoms in total. The first-order chi connectivity index (χ1) is 11.2. The number of likely N-dealkylation sites (tertiary alicyclic amines) is 1. The molecule has 3 aromatic rings.